The number of aliphatic hydroxyl groups is 1. The maximum atomic E-state index is 8.71. The summed E-state index contributed by atoms with van der Waals surface area (Å²) in [6.07, 6.45) is 1.01. The van der Waals surface area contributed by atoms with Crippen molar-refractivity contribution >= 4 is 4.41 Å². The molecule has 0 spiro atoms. The van der Waals surface area contributed by atoms with Gasteiger partial charge in [-0.05, 0) is 0 Å². The van der Waals surface area contributed by atoms with Gasteiger partial charge in [0.25, 0.3) is 0 Å². The Morgan fingerprint density at radius 1 is 1.86 bits per heavy atom. The van der Waals surface area contributed by atoms with E-state index in [2.05, 4.69) is 17.0 Å². The molecule has 0 aliphatic rings. The van der Waals surface area contributed by atoms with Gasteiger partial charge in [0, 0.05) is 0 Å². The quantitative estimate of drug-likeness (QED) is 0.603. The van der Waals surface area contributed by atoms with Gasteiger partial charge in [-0.15, -0.1) is 0 Å². The number of rotatable bonds is 2. The predicted octanol–water partition coefficient (Wildman–Crippen LogP) is 1.08. The van der Waals surface area contributed by atoms with Gasteiger partial charge in [-0.25, -0.2) is 0 Å². The van der Waals surface area contributed by atoms with Crippen LogP contribution in [0.2, 0.25) is 0 Å². The molecule has 2 heteroatoms. The van der Waals surface area contributed by atoms with Gasteiger partial charge in [-0.3, -0.25) is 0 Å². The molecular weight excluding hydrogens is 127 g/mol. The van der Waals surface area contributed by atoms with Crippen LogP contribution in [0.1, 0.15) is 20.3 Å². The van der Waals surface area contributed by atoms with Crippen molar-refractivity contribution in [1.82, 2.24) is 0 Å². The van der Waals surface area contributed by atoms with Crippen molar-refractivity contribution < 1.29 is 22.1 Å². The standard InChI is InChI=1S/C5H10O.V/c1-3-5(2)4-6;/h5-6H,3H2,1-2H3;. The molecule has 0 rings (SSSR count). The van der Waals surface area contributed by atoms with E-state index in [1.807, 2.05) is 13.8 Å². The van der Waals surface area contributed by atoms with Crippen molar-refractivity contribution in [2.75, 3.05) is 0 Å². The van der Waals surface area contributed by atoms with Gasteiger partial charge >= 0.3 is 52.7 Å². The molecule has 0 heterocycles. The van der Waals surface area contributed by atoms with Crippen LogP contribution in [0, 0.1) is 5.92 Å². The fourth-order valence-electron chi connectivity index (χ4n) is 0.183. The molecule has 0 amide bonds. The van der Waals surface area contributed by atoms with E-state index in [0.717, 1.165) is 6.42 Å². The van der Waals surface area contributed by atoms with Gasteiger partial charge in [0.2, 0.25) is 0 Å². The molecule has 1 N–H and O–H groups in total. The van der Waals surface area contributed by atoms with Crippen LogP contribution in [0.3, 0.4) is 0 Å². The molecule has 0 aromatic heterocycles. The van der Waals surface area contributed by atoms with Gasteiger partial charge in [0.15, 0.2) is 0 Å². The van der Waals surface area contributed by atoms with Crippen LogP contribution in [-0.4, -0.2) is 9.52 Å². The van der Waals surface area contributed by atoms with E-state index in [1.165, 1.54) is 0 Å². The molecule has 0 aromatic rings. The molecule has 41 valence electrons. The third-order valence-electron chi connectivity index (χ3n) is 1.05. The molecule has 0 aliphatic carbocycles. The Labute approximate surface area is 53.2 Å². The van der Waals surface area contributed by atoms with Crippen LogP contribution in [0.15, 0.2) is 0 Å². The Balaban J connectivity index is 3.34. The van der Waals surface area contributed by atoms with Crippen LogP contribution in [0.25, 0.3) is 0 Å². The number of aliphatic hydroxyl groups excluding tert-OH is 1. The predicted molar refractivity (Wildman–Crippen MR) is 26.4 cm³/mol. The van der Waals surface area contributed by atoms with Crippen LogP contribution < -0.4 is 0 Å². The zero-order valence-corrected chi connectivity index (χ0v) is 6.08. The number of hydrogen-bond donors (Lipinski definition) is 1. The summed E-state index contributed by atoms with van der Waals surface area (Å²) in [4.78, 5) is 0. The van der Waals surface area contributed by atoms with Crippen molar-refractivity contribution in [1.29, 1.82) is 0 Å². The average molecular weight is 137 g/mol. The van der Waals surface area contributed by atoms with E-state index in [0.29, 0.717) is 10.3 Å². The molecule has 0 saturated heterocycles. The average Bonchev–Trinajstić information content (AvgIpc) is 1.65. The first-order valence-electron chi connectivity index (χ1n) is 2.43. The molecule has 0 aromatic carbocycles. The molecule has 0 bridgehead atoms. The summed E-state index contributed by atoms with van der Waals surface area (Å²) in [5.74, 6) is 0.347. The van der Waals surface area contributed by atoms with Gasteiger partial charge in [-0.2, -0.15) is 0 Å². The summed E-state index contributed by atoms with van der Waals surface area (Å²) in [6.45, 7) is 4.04. The SMILES string of the molecule is CCC(C)[C](O)=[V]. The molecule has 1 unspecified atom stereocenters. The minimum atomic E-state index is 0.347. The zero-order chi connectivity index (χ0) is 5.86. The Kier molecular flexibility index (Phi) is 3.62. The number of hydrogen-bond acceptors (Lipinski definition) is 1. The van der Waals surface area contributed by atoms with Crippen molar-refractivity contribution in [3.63, 3.8) is 0 Å². The zero-order valence-electron chi connectivity index (χ0n) is 4.68. The second-order valence-corrected chi connectivity index (χ2v) is 2.38. The van der Waals surface area contributed by atoms with E-state index < -0.39 is 0 Å². The summed E-state index contributed by atoms with van der Waals surface area (Å²) in [6, 6.07) is 0. The Bertz CT molecular complexity index is 70.5. The van der Waals surface area contributed by atoms with Crippen LogP contribution in [0.4, 0.5) is 0 Å². The second kappa shape index (κ2) is 3.42. The van der Waals surface area contributed by atoms with Gasteiger partial charge < -0.3 is 0 Å². The normalized spacial score (nSPS) is 13.4. The third-order valence-corrected chi connectivity index (χ3v) is 1.74. The second-order valence-electron chi connectivity index (χ2n) is 1.67. The molecule has 1 atom stereocenters. The van der Waals surface area contributed by atoms with Crippen molar-refractivity contribution in [2.45, 2.75) is 20.3 Å². The summed E-state index contributed by atoms with van der Waals surface area (Å²) >= 11 is 2.15. The van der Waals surface area contributed by atoms with E-state index in [1.54, 1.807) is 0 Å². The van der Waals surface area contributed by atoms with Crippen LogP contribution in [-0.2, 0) is 17.0 Å². The molecule has 1 nitrogen and oxygen atoms in total. The summed E-state index contributed by atoms with van der Waals surface area (Å²) in [7, 11) is 0. The first kappa shape index (κ1) is 7.41. The Morgan fingerprint density at radius 2 is 2.29 bits per heavy atom. The molecular formula is C5H10OV. The van der Waals surface area contributed by atoms with Gasteiger partial charge in [0.1, 0.15) is 0 Å². The van der Waals surface area contributed by atoms with Crippen LogP contribution >= 0.6 is 0 Å². The van der Waals surface area contributed by atoms with Crippen molar-refractivity contribution in [2.24, 2.45) is 5.92 Å². The fourth-order valence-corrected chi connectivity index (χ4v) is 0.468. The van der Waals surface area contributed by atoms with Crippen molar-refractivity contribution in [3.8, 4) is 0 Å². The van der Waals surface area contributed by atoms with E-state index in [4.69, 9.17) is 5.11 Å². The first-order valence-corrected chi connectivity index (χ1v) is 3.13. The monoisotopic (exact) mass is 137 g/mol. The summed E-state index contributed by atoms with van der Waals surface area (Å²) < 4.78 is 0.481. The minimum absolute atomic E-state index is 0.347. The third kappa shape index (κ3) is 3.04. The Hall–Kier alpha value is 0.414. The fraction of sp³-hybridized carbons (Fsp3) is 0.800. The van der Waals surface area contributed by atoms with Crippen LogP contribution in [0.5, 0.6) is 0 Å². The molecule has 7 heavy (non-hydrogen) atoms. The molecule has 0 fully saturated rings. The molecule has 0 aliphatic heterocycles. The molecule has 0 radical (unpaired) electrons. The van der Waals surface area contributed by atoms with Gasteiger partial charge in [-0.1, -0.05) is 0 Å². The van der Waals surface area contributed by atoms with E-state index in [-0.39, 0.29) is 0 Å². The first-order chi connectivity index (χ1) is 3.18. The summed E-state index contributed by atoms with van der Waals surface area (Å²) in [5, 5.41) is 8.71. The Morgan fingerprint density at radius 3 is 2.29 bits per heavy atom. The van der Waals surface area contributed by atoms with E-state index >= 15 is 0 Å². The topological polar surface area (TPSA) is 20.2 Å². The van der Waals surface area contributed by atoms with Gasteiger partial charge in [0.05, 0.1) is 0 Å². The maximum absolute atomic E-state index is 8.71. The van der Waals surface area contributed by atoms with E-state index in [9.17, 15) is 0 Å². The summed E-state index contributed by atoms with van der Waals surface area (Å²) in [5.41, 5.74) is 0. The van der Waals surface area contributed by atoms with Crippen molar-refractivity contribution in [3.05, 3.63) is 0 Å². The molecule has 0 saturated carbocycles.